The average molecular weight is 396 g/mol. The molecule has 0 radical (unpaired) electrons. The third kappa shape index (κ3) is 4.86. The van der Waals surface area contributed by atoms with Crippen LogP contribution in [0.1, 0.15) is 27.8 Å². The summed E-state index contributed by atoms with van der Waals surface area (Å²) in [7, 11) is 0. The Balaban J connectivity index is 1.70. The molecule has 0 aliphatic carbocycles. The van der Waals surface area contributed by atoms with Gasteiger partial charge >= 0.3 is 5.97 Å². The Morgan fingerprint density at radius 1 is 1.04 bits per heavy atom. The molecule has 3 rings (SSSR count). The van der Waals surface area contributed by atoms with Gasteiger partial charge in [0.25, 0.3) is 5.91 Å². The number of para-hydroxylation sites is 1. The van der Waals surface area contributed by atoms with Gasteiger partial charge in [0.15, 0.2) is 0 Å². The monoisotopic (exact) mass is 395 g/mol. The number of esters is 1. The van der Waals surface area contributed by atoms with Gasteiger partial charge in [-0.25, -0.2) is 4.79 Å². The molecule has 6 nitrogen and oxygen atoms in total. The highest BCUT2D eigenvalue weighted by Gasteiger charge is 2.11. The Morgan fingerprint density at radius 2 is 1.79 bits per heavy atom. The van der Waals surface area contributed by atoms with Crippen LogP contribution in [-0.4, -0.2) is 23.5 Å². The highest BCUT2D eigenvalue weighted by Crippen LogP contribution is 2.22. The van der Waals surface area contributed by atoms with Crippen molar-refractivity contribution in [2.75, 3.05) is 17.2 Å². The Hall–Kier alpha value is -3.38. The first-order valence-corrected chi connectivity index (χ1v) is 9.00. The van der Waals surface area contributed by atoms with E-state index in [1.807, 2.05) is 0 Å². The maximum atomic E-state index is 12.4. The quantitative estimate of drug-likeness (QED) is 0.580. The molecule has 7 heteroatoms. The first-order valence-electron chi connectivity index (χ1n) is 8.63. The van der Waals surface area contributed by atoms with E-state index >= 15 is 0 Å². The van der Waals surface area contributed by atoms with Crippen LogP contribution in [0.5, 0.6) is 0 Å². The molecule has 1 aromatic heterocycles. The van der Waals surface area contributed by atoms with Crippen molar-refractivity contribution < 1.29 is 14.3 Å². The fourth-order valence-corrected chi connectivity index (χ4v) is 2.64. The lowest BCUT2D eigenvalue weighted by Gasteiger charge is -2.10. The molecule has 0 aliphatic heterocycles. The van der Waals surface area contributed by atoms with Crippen LogP contribution in [0.15, 0.2) is 66.9 Å². The molecule has 0 fully saturated rings. The molecular weight excluding hydrogens is 378 g/mol. The minimum Gasteiger partial charge on any atom is -0.462 e. The number of hydrogen-bond donors (Lipinski definition) is 2. The van der Waals surface area contributed by atoms with E-state index in [9.17, 15) is 9.59 Å². The van der Waals surface area contributed by atoms with E-state index < -0.39 is 0 Å². The molecule has 2 N–H and O–H groups in total. The zero-order valence-electron chi connectivity index (χ0n) is 15.1. The number of benzene rings is 2. The van der Waals surface area contributed by atoms with Crippen LogP contribution in [0.4, 0.5) is 17.1 Å². The van der Waals surface area contributed by atoms with Gasteiger partial charge in [0.05, 0.1) is 22.9 Å². The van der Waals surface area contributed by atoms with E-state index in [2.05, 4.69) is 15.6 Å². The molecule has 0 atom stereocenters. The number of pyridine rings is 1. The first-order chi connectivity index (χ1) is 13.6. The molecule has 28 heavy (non-hydrogen) atoms. The van der Waals surface area contributed by atoms with Gasteiger partial charge in [0.1, 0.15) is 5.69 Å². The van der Waals surface area contributed by atoms with Crippen LogP contribution in [0.2, 0.25) is 5.02 Å². The summed E-state index contributed by atoms with van der Waals surface area (Å²) in [6.07, 6.45) is 1.54. The highest BCUT2D eigenvalue weighted by atomic mass is 35.5. The summed E-state index contributed by atoms with van der Waals surface area (Å²) in [5, 5.41) is 6.36. The standard InChI is InChI=1S/C21H18ClN3O3/c1-2-28-21(27)14-7-9-15(10-8-14)24-16-11-12-23-19(13-16)20(26)25-18-6-4-3-5-17(18)22/h3-13H,2H2,1H3,(H,23,24)(H,25,26). The molecule has 1 amide bonds. The Labute approximate surface area is 167 Å². The van der Waals surface area contributed by atoms with Gasteiger partial charge in [-0.3, -0.25) is 9.78 Å². The summed E-state index contributed by atoms with van der Waals surface area (Å²) in [6, 6.07) is 17.2. The zero-order chi connectivity index (χ0) is 19.9. The minimum absolute atomic E-state index is 0.244. The maximum absolute atomic E-state index is 12.4. The van der Waals surface area contributed by atoms with Crippen LogP contribution < -0.4 is 10.6 Å². The second-order valence-electron chi connectivity index (χ2n) is 5.79. The van der Waals surface area contributed by atoms with Crippen molar-refractivity contribution >= 4 is 40.5 Å². The number of aromatic nitrogens is 1. The Morgan fingerprint density at radius 3 is 2.50 bits per heavy atom. The van der Waals surface area contributed by atoms with Gasteiger partial charge < -0.3 is 15.4 Å². The van der Waals surface area contributed by atoms with Crippen molar-refractivity contribution in [1.82, 2.24) is 4.98 Å². The van der Waals surface area contributed by atoms with Crippen LogP contribution >= 0.6 is 11.6 Å². The van der Waals surface area contributed by atoms with Crippen LogP contribution in [-0.2, 0) is 4.74 Å². The number of nitrogens with one attached hydrogen (secondary N) is 2. The molecule has 142 valence electrons. The summed E-state index contributed by atoms with van der Waals surface area (Å²) in [5.41, 5.74) is 2.68. The molecule has 3 aromatic rings. The minimum atomic E-state index is -0.366. The van der Waals surface area contributed by atoms with Crippen molar-refractivity contribution in [1.29, 1.82) is 0 Å². The second kappa shape index (κ2) is 9.01. The fraction of sp³-hybridized carbons (Fsp3) is 0.0952. The van der Waals surface area contributed by atoms with Crippen molar-refractivity contribution in [2.24, 2.45) is 0 Å². The number of anilines is 3. The lowest BCUT2D eigenvalue weighted by atomic mass is 10.2. The van der Waals surface area contributed by atoms with E-state index in [0.717, 1.165) is 5.69 Å². The molecule has 0 bridgehead atoms. The summed E-state index contributed by atoms with van der Waals surface area (Å²) >= 11 is 6.07. The van der Waals surface area contributed by atoms with Crippen LogP contribution in [0.3, 0.4) is 0 Å². The molecule has 1 heterocycles. The van der Waals surface area contributed by atoms with Crippen molar-refractivity contribution in [3.8, 4) is 0 Å². The summed E-state index contributed by atoms with van der Waals surface area (Å²) in [4.78, 5) is 28.3. The number of ether oxygens (including phenoxy) is 1. The molecule has 0 unspecified atom stereocenters. The normalized spacial score (nSPS) is 10.2. The predicted octanol–water partition coefficient (Wildman–Crippen LogP) is 4.91. The molecular formula is C21H18ClN3O3. The van der Waals surface area contributed by atoms with E-state index in [-0.39, 0.29) is 17.6 Å². The second-order valence-corrected chi connectivity index (χ2v) is 6.19. The zero-order valence-corrected chi connectivity index (χ0v) is 15.9. The van der Waals surface area contributed by atoms with Crippen molar-refractivity contribution in [3.05, 3.63) is 83.1 Å². The molecule has 0 spiro atoms. The number of carbonyl (C=O) groups excluding carboxylic acids is 2. The summed E-state index contributed by atoms with van der Waals surface area (Å²) in [6.45, 7) is 2.09. The summed E-state index contributed by atoms with van der Waals surface area (Å²) in [5.74, 6) is -0.731. The molecule has 0 saturated carbocycles. The highest BCUT2D eigenvalue weighted by molar-refractivity contribution is 6.33. The van der Waals surface area contributed by atoms with Gasteiger partial charge in [-0.1, -0.05) is 23.7 Å². The predicted molar refractivity (Wildman–Crippen MR) is 109 cm³/mol. The number of halogens is 1. The average Bonchev–Trinajstić information content (AvgIpc) is 2.70. The van der Waals surface area contributed by atoms with Crippen molar-refractivity contribution in [3.63, 3.8) is 0 Å². The summed E-state index contributed by atoms with van der Waals surface area (Å²) < 4.78 is 4.96. The SMILES string of the molecule is CCOC(=O)c1ccc(Nc2ccnc(C(=O)Nc3ccccc3Cl)c2)cc1. The lowest BCUT2D eigenvalue weighted by Crippen LogP contribution is -2.14. The molecule has 0 aliphatic rings. The number of nitrogens with zero attached hydrogens (tertiary/aromatic N) is 1. The Kier molecular flexibility index (Phi) is 6.24. The van der Waals surface area contributed by atoms with E-state index in [1.54, 1.807) is 67.6 Å². The number of rotatable bonds is 6. The largest absolute Gasteiger partial charge is 0.462 e. The maximum Gasteiger partial charge on any atom is 0.338 e. The van der Waals surface area contributed by atoms with E-state index in [4.69, 9.17) is 16.3 Å². The van der Waals surface area contributed by atoms with Gasteiger partial charge in [-0.05, 0) is 55.5 Å². The van der Waals surface area contributed by atoms with Gasteiger partial charge in [-0.2, -0.15) is 0 Å². The number of amides is 1. The lowest BCUT2D eigenvalue weighted by molar-refractivity contribution is 0.0526. The van der Waals surface area contributed by atoms with Crippen molar-refractivity contribution in [2.45, 2.75) is 6.92 Å². The van der Waals surface area contributed by atoms with E-state index in [0.29, 0.717) is 28.6 Å². The fourth-order valence-electron chi connectivity index (χ4n) is 2.45. The van der Waals surface area contributed by atoms with Gasteiger partial charge in [0.2, 0.25) is 0 Å². The first kappa shape index (κ1) is 19.4. The topological polar surface area (TPSA) is 80.3 Å². The molecule has 0 saturated heterocycles. The van der Waals surface area contributed by atoms with Crippen LogP contribution in [0.25, 0.3) is 0 Å². The van der Waals surface area contributed by atoms with Gasteiger partial charge in [0, 0.05) is 17.6 Å². The van der Waals surface area contributed by atoms with Gasteiger partial charge in [-0.15, -0.1) is 0 Å². The molecule has 2 aromatic carbocycles. The van der Waals surface area contributed by atoms with Crippen LogP contribution in [0, 0.1) is 0 Å². The Bertz CT molecular complexity index is 990. The number of carbonyl (C=O) groups is 2. The number of hydrogen-bond acceptors (Lipinski definition) is 5. The van der Waals surface area contributed by atoms with E-state index in [1.165, 1.54) is 6.20 Å². The third-order valence-electron chi connectivity index (χ3n) is 3.80. The third-order valence-corrected chi connectivity index (χ3v) is 4.13. The smallest absolute Gasteiger partial charge is 0.338 e.